The molecule has 10 nitrogen and oxygen atoms in total. The molecule has 4 aromatic rings. The van der Waals surface area contributed by atoms with Gasteiger partial charge in [-0.2, -0.15) is 4.98 Å². The summed E-state index contributed by atoms with van der Waals surface area (Å²) in [6.07, 6.45) is -1.73. The van der Waals surface area contributed by atoms with Gasteiger partial charge >= 0.3 is 12.2 Å². The Bertz CT molecular complexity index is 1380. The first-order valence-corrected chi connectivity index (χ1v) is 11.2. The second kappa shape index (κ2) is 10.1. The number of amides is 2. The summed E-state index contributed by atoms with van der Waals surface area (Å²) in [5.41, 5.74) is 1.21. The lowest BCUT2D eigenvalue weighted by Crippen LogP contribution is -2.33. The summed E-state index contributed by atoms with van der Waals surface area (Å²) in [7, 11) is 1.36. The van der Waals surface area contributed by atoms with E-state index >= 15 is 0 Å². The molecule has 0 radical (unpaired) electrons. The summed E-state index contributed by atoms with van der Waals surface area (Å²) in [6.45, 7) is 0. The van der Waals surface area contributed by atoms with Crippen molar-refractivity contribution in [3.63, 3.8) is 0 Å². The number of benzene rings is 2. The van der Waals surface area contributed by atoms with E-state index in [-0.39, 0.29) is 5.82 Å². The number of nitrogens with one attached hydrogen (secondary N) is 2. The predicted octanol–water partition coefficient (Wildman–Crippen LogP) is 4.18. The molecule has 0 saturated carbocycles. The molecule has 11 heteroatoms. The monoisotopic (exact) mass is 492 g/mol. The van der Waals surface area contributed by atoms with Gasteiger partial charge in [0.2, 0.25) is 5.75 Å². The van der Waals surface area contributed by atoms with Crippen molar-refractivity contribution in [3.05, 3.63) is 93.6 Å². The average Bonchev–Trinajstić information content (AvgIpc) is 3.31. The number of ether oxygens (including phenoxy) is 1. The van der Waals surface area contributed by atoms with Crippen LogP contribution >= 0.6 is 11.3 Å². The maximum Gasteiger partial charge on any atom is 0.512 e. The Morgan fingerprint density at radius 3 is 2.20 bits per heavy atom. The van der Waals surface area contributed by atoms with Gasteiger partial charge < -0.3 is 25.6 Å². The number of nitrogens with zero attached hydrogens (tertiary/aromatic N) is 2. The fourth-order valence-electron chi connectivity index (χ4n) is 3.45. The van der Waals surface area contributed by atoms with E-state index in [2.05, 4.69) is 20.4 Å². The molecule has 35 heavy (non-hydrogen) atoms. The van der Waals surface area contributed by atoms with Gasteiger partial charge in [0.1, 0.15) is 0 Å². The molecule has 2 heterocycles. The molecule has 0 aliphatic carbocycles. The van der Waals surface area contributed by atoms with Gasteiger partial charge in [0.25, 0.3) is 11.4 Å². The number of carbonyl (C=O) groups is 2. The number of carbonyl (C=O) groups excluding carboxylic acids is 1. The van der Waals surface area contributed by atoms with E-state index < -0.39 is 35.4 Å². The zero-order valence-electron chi connectivity index (χ0n) is 18.3. The van der Waals surface area contributed by atoms with Crippen LogP contribution < -0.4 is 20.9 Å². The first kappa shape index (κ1) is 23.5. The summed E-state index contributed by atoms with van der Waals surface area (Å²) >= 11 is 1.16. The molecule has 4 N–H and O–H groups in total. The van der Waals surface area contributed by atoms with Gasteiger partial charge in [0, 0.05) is 7.05 Å². The molecule has 0 aliphatic heterocycles. The Labute approximate surface area is 203 Å². The molecule has 4 rings (SSSR count). The lowest BCUT2D eigenvalue weighted by molar-refractivity contribution is 0.140. The fraction of sp³-hybridized carbons (Fsp3) is 0.0833. The average molecular weight is 493 g/mol. The Morgan fingerprint density at radius 1 is 1.03 bits per heavy atom. The highest BCUT2D eigenvalue weighted by Crippen LogP contribution is 2.34. The minimum atomic E-state index is -1.73. The molecule has 0 saturated heterocycles. The van der Waals surface area contributed by atoms with Crippen LogP contribution in [0.5, 0.6) is 11.6 Å². The molecule has 2 aromatic carbocycles. The number of aromatic hydroxyl groups is 1. The number of carboxylic acid groups (broad SMARTS) is 1. The smallest absolute Gasteiger partial charge is 0.499 e. The van der Waals surface area contributed by atoms with Crippen LogP contribution in [0.2, 0.25) is 0 Å². The Hall–Kier alpha value is -4.64. The van der Waals surface area contributed by atoms with Gasteiger partial charge in [0.05, 0.1) is 16.6 Å². The number of hydrogen-bond donors (Lipinski definition) is 4. The normalized spacial score (nSPS) is 10.7. The number of thiophene rings is 1. The van der Waals surface area contributed by atoms with E-state index in [4.69, 9.17) is 5.11 Å². The first-order chi connectivity index (χ1) is 16.8. The Balaban J connectivity index is 1.63. The molecule has 0 fully saturated rings. The summed E-state index contributed by atoms with van der Waals surface area (Å²) in [4.78, 5) is 40.7. The van der Waals surface area contributed by atoms with E-state index in [1.54, 1.807) is 11.4 Å². The van der Waals surface area contributed by atoms with Crippen LogP contribution in [0.1, 0.15) is 17.2 Å². The van der Waals surface area contributed by atoms with Crippen LogP contribution in [-0.2, 0) is 7.05 Å². The highest BCUT2D eigenvalue weighted by molar-refractivity contribution is 7.14. The third-order valence-electron chi connectivity index (χ3n) is 5.08. The zero-order valence-corrected chi connectivity index (χ0v) is 19.2. The molecular weight excluding hydrogens is 472 g/mol. The number of rotatable bonds is 6. The molecule has 2 aromatic heterocycles. The molecule has 0 spiro atoms. The fourth-order valence-corrected chi connectivity index (χ4v) is 4.32. The maximum atomic E-state index is 13.0. The van der Waals surface area contributed by atoms with Gasteiger partial charge in [-0.1, -0.05) is 60.7 Å². The van der Waals surface area contributed by atoms with E-state index in [1.165, 1.54) is 7.05 Å². The summed E-state index contributed by atoms with van der Waals surface area (Å²) in [5.74, 6) is -1.67. The molecule has 0 bridgehead atoms. The second-order valence-corrected chi connectivity index (χ2v) is 8.25. The maximum absolute atomic E-state index is 13.0. The minimum absolute atomic E-state index is 0.0111. The van der Waals surface area contributed by atoms with Gasteiger partial charge in [-0.3, -0.25) is 9.36 Å². The third-order valence-corrected chi connectivity index (χ3v) is 5.99. The van der Waals surface area contributed by atoms with Crippen LogP contribution in [0.3, 0.4) is 0 Å². The number of urea groups is 1. The van der Waals surface area contributed by atoms with E-state index in [9.17, 15) is 19.5 Å². The second-order valence-electron chi connectivity index (χ2n) is 7.34. The molecule has 178 valence electrons. The van der Waals surface area contributed by atoms with Crippen molar-refractivity contribution in [3.8, 4) is 22.3 Å². The van der Waals surface area contributed by atoms with E-state index in [0.717, 1.165) is 27.0 Å². The van der Waals surface area contributed by atoms with E-state index in [0.29, 0.717) is 10.6 Å². The van der Waals surface area contributed by atoms with Crippen LogP contribution in [0.25, 0.3) is 10.7 Å². The molecule has 0 atom stereocenters. The molecule has 0 aliphatic rings. The zero-order chi connectivity index (χ0) is 24.9. The first-order valence-electron chi connectivity index (χ1n) is 10.3. The van der Waals surface area contributed by atoms with Crippen molar-refractivity contribution >= 4 is 29.2 Å². The van der Waals surface area contributed by atoms with Gasteiger partial charge in [-0.15, -0.1) is 11.3 Å². The van der Waals surface area contributed by atoms with Crippen molar-refractivity contribution in [1.29, 1.82) is 0 Å². The minimum Gasteiger partial charge on any atom is -0.499 e. The van der Waals surface area contributed by atoms with Crippen LogP contribution in [0, 0.1) is 0 Å². The van der Waals surface area contributed by atoms with Crippen molar-refractivity contribution in [1.82, 2.24) is 14.9 Å². The SMILES string of the molecule is Cn1c(-c2sccc2NC(=O)NC(c2ccccc2)c2ccccc2)nc(OC(=O)O)c(O)c1=O. The predicted molar refractivity (Wildman–Crippen MR) is 130 cm³/mol. The number of anilines is 1. The number of hydrogen-bond acceptors (Lipinski definition) is 7. The van der Waals surface area contributed by atoms with Gasteiger partial charge in [-0.25, -0.2) is 9.59 Å². The lowest BCUT2D eigenvalue weighted by atomic mass is 9.99. The standard InChI is InChI=1S/C24H20N4O6S/c1-28-20(27-21(34-24(32)33)18(29)22(28)30)19-16(12-13-35-19)25-23(31)26-17(14-8-4-2-5-9-14)15-10-6-3-7-11-15/h2-13,17,29H,1H3,(H,32,33)(H2,25,26,31). The summed E-state index contributed by atoms with van der Waals surface area (Å²) in [6, 6.07) is 19.7. The third kappa shape index (κ3) is 5.14. The quantitative estimate of drug-likeness (QED) is 0.296. The van der Waals surface area contributed by atoms with Crippen molar-refractivity contribution in [2.45, 2.75) is 6.04 Å². The van der Waals surface area contributed by atoms with Crippen molar-refractivity contribution < 1.29 is 24.5 Å². The van der Waals surface area contributed by atoms with Crippen LogP contribution in [-0.4, -0.2) is 32.0 Å². The number of aromatic nitrogens is 2. The Morgan fingerprint density at radius 2 is 1.63 bits per heavy atom. The van der Waals surface area contributed by atoms with E-state index in [1.807, 2.05) is 60.7 Å². The highest BCUT2D eigenvalue weighted by atomic mass is 32.1. The van der Waals surface area contributed by atoms with Crippen LogP contribution in [0.15, 0.2) is 76.9 Å². The molecule has 0 unspecified atom stereocenters. The molecular formula is C24H20N4O6S. The summed E-state index contributed by atoms with van der Waals surface area (Å²) < 4.78 is 5.48. The van der Waals surface area contributed by atoms with Gasteiger partial charge in [-0.05, 0) is 22.6 Å². The molecule has 2 amide bonds. The highest BCUT2D eigenvalue weighted by Gasteiger charge is 2.23. The van der Waals surface area contributed by atoms with Gasteiger partial charge in [0.15, 0.2) is 5.82 Å². The lowest BCUT2D eigenvalue weighted by Gasteiger charge is -2.20. The van der Waals surface area contributed by atoms with Crippen molar-refractivity contribution in [2.24, 2.45) is 7.05 Å². The largest absolute Gasteiger partial charge is 0.512 e. The topological polar surface area (TPSA) is 143 Å². The Kier molecular flexibility index (Phi) is 6.78. The van der Waals surface area contributed by atoms with Crippen LogP contribution in [0.4, 0.5) is 15.3 Å². The summed E-state index contributed by atoms with van der Waals surface area (Å²) in [5, 5.41) is 26.2. The van der Waals surface area contributed by atoms with Crippen molar-refractivity contribution in [2.75, 3.05) is 5.32 Å².